The molecule has 0 bridgehead atoms. The number of fused-ring (bicyclic) bond motifs is 1. The van der Waals surface area contributed by atoms with Crippen molar-refractivity contribution in [2.75, 3.05) is 11.9 Å². The number of amides is 1. The molecule has 3 rings (SSSR count). The zero-order valence-corrected chi connectivity index (χ0v) is 13.6. The van der Waals surface area contributed by atoms with Crippen molar-refractivity contribution in [1.29, 1.82) is 0 Å². The number of halogens is 3. The van der Waals surface area contributed by atoms with Crippen molar-refractivity contribution in [2.45, 2.75) is 6.29 Å². The summed E-state index contributed by atoms with van der Waals surface area (Å²) in [7, 11) is 0. The normalized spacial score (nSPS) is 14.2. The molecule has 2 aromatic rings. The second kappa shape index (κ2) is 7.40. The summed E-state index contributed by atoms with van der Waals surface area (Å²) in [6.45, 7) is -0.600. The summed E-state index contributed by atoms with van der Waals surface area (Å²) in [4.78, 5) is 23.4. The van der Waals surface area contributed by atoms with Gasteiger partial charge in [-0.3, -0.25) is 4.79 Å². The third kappa shape index (κ3) is 5.00. The minimum atomic E-state index is -3.76. The van der Waals surface area contributed by atoms with Crippen molar-refractivity contribution in [3.8, 4) is 11.5 Å². The predicted octanol–water partition coefficient (Wildman–Crippen LogP) is 3.34. The first-order valence-corrected chi connectivity index (χ1v) is 7.61. The molecule has 1 amide bonds. The van der Waals surface area contributed by atoms with Crippen molar-refractivity contribution >= 4 is 23.6 Å². The molecule has 2 aromatic carbocycles. The molecule has 27 heavy (non-hydrogen) atoms. The summed E-state index contributed by atoms with van der Waals surface area (Å²) >= 11 is 0. The first-order chi connectivity index (χ1) is 12.8. The molecule has 0 spiro atoms. The van der Waals surface area contributed by atoms with Crippen LogP contribution in [0.3, 0.4) is 0 Å². The first kappa shape index (κ1) is 18.3. The molecule has 0 saturated heterocycles. The second-order valence-corrected chi connectivity index (χ2v) is 5.37. The van der Waals surface area contributed by atoms with Crippen molar-refractivity contribution < 1.29 is 37.0 Å². The minimum Gasteiger partial charge on any atom is -0.452 e. The molecule has 9 heteroatoms. The number of hydrogen-bond donors (Lipinski definition) is 1. The van der Waals surface area contributed by atoms with Gasteiger partial charge in [0, 0.05) is 17.8 Å². The fraction of sp³-hybridized carbons (Fsp3) is 0.111. The maximum absolute atomic E-state index is 13.0. The highest BCUT2D eigenvalue weighted by molar-refractivity contribution is 5.94. The monoisotopic (exact) mass is 379 g/mol. The summed E-state index contributed by atoms with van der Waals surface area (Å²) in [5.74, 6) is -2.33. The van der Waals surface area contributed by atoms with Crippen LogP contribution < -0.4 is 14.8 Å². The Balaban J connectivity index is 1.49. The van der Waals surface area contributed by atoms with Crippen LogP contribution in [-0.2, 0) is 14.3 Å². The first-order valence-electron chi connectivity index (χ1n) is 7.61. The molecule has 0 unspecified atom stereocenters. The van der Waals surface area contributed by atoms with Crippen LogP contribution in [-0.4, -0.2) is 24.8 Å². The molecule has 0 saturated carbocycles. The lowest BCUT2D eigenvalue weighted by atomic mass is 10.2. The highest BCUT2D eigenvalue weighted by Crippen LogP contribution is 2.42. The lowest BCUT2D eigenvalue weighted by molar-refractivity contribution is -0.286. The fourth-order valence-electron chi connectivity index (χ4n) is 2.18. The molecule has 0 aromatic heterocycles. The van der Waals surface area contributed by atoms with Gasteiger partial charge in [0.1, 0.15) is 5.82 Å². The number of carbonyl (C=O) groups excluding carboxylic acids is 2. The molecular formula is C18H12F3NO5. The Morgan fingerprint density at radius 3 is 2.67 bits per heavy atom. The molecule has 1 heterocycles. The number of rotatable bonds is 5. The molecule has 0 atom stereocenters. The Bertz CT molecular complexity index is 914. The smallest absolute Gasteiger partial charge is 0.452 e. The molecule has 0 fully saturated rings. The number of carbonyl (C=O) groups is 2. The van der Waals surface area contributed by atoms with Gasteiger partial charge in [0.2, 0.25) is 0 Å². The molecular weight excluding hydrogens is 367 g/mol. The SMILES string of the molecule is O=C(COC(=O)/C=C/c1cccc(F)c1)Nc1ccc2c(c1)OC(F)(F)O2. The standard InChI is InChI=1S/C18H12F3NO5/c19-12-3-1-2-11(8-12)4-7-17(24)25-10-16(23)22-13-5-6-14-15(9-13)27-18(20,21)26-14/h1-9H,10H2,(H,22,23)/b7-4+. The molecule has 6 nitrogen and oxygen atoms in total. The van der Waals surface area contributed by atoms with Gasteiger partial charge >= 0.3 is 12.3 Å². The number of hydrogen-bond acceptors (Lipinski definition) is 5. The van der Waals surface area contributed by atoms with Gasteiger partial charge in [0.25, 0.3) is 5.91 Å². The summed E-state index contributed by atoms with van der Waals surface area (Å²) in [5, 5.41) is 2.37. The number of alkyl halides is 2. The van der Waals surface area contributed by atoms with Crippen molar-refractivity contribution in [1.82, 2.24) is 0 Å². The van der Waals surface area contributed by atoms with E-state index in [0.717, 1.165) is 12.1 Å². The molecule has 1 aliphatic rings. The Morgan fingerprint density at radius 2 is 1.89 bits per heavy atom. The van der Waals surface area contributed by atoms with E-state index in [1.54, 1.807) is 6.07 Å². The van der Waals surface area contributed by atoms with Crippen LogP contribution in [0, 0.1) is 5.82 Å². The van der Waals surface area contributed by atoms with Crippen LogP contribution in [0.15, 0.2) is 48.5 Å². The molecule has 1 N–H and O–H groups in total. The van der Waals surface area contributed by atoms with Crippen LogP contribution >= 0.6 is 0 Å². The number of nitrogens with one attached hydrogen (secondary N) is 1. The van der Waals surface area contributed by atoms with Gasteiger partial charge in [0.15, 0.2) is 18.1 Å². The van der Waals surface area contributed by atoms with Crippen LogP contribution in [0.2, 0.25) is 0 Å². The molecule has 0 radical (unpaired) electrons. The average Bonchev–Trinajstić information content (AvgIpc) is 2.91. The molecule has 1 aliphatic heterocycles. The Kier molecular flexibility index (Phi) is 5.02. The fourth-order valence-corrected chi connectivity index (χ4v) is 2.18. The second-order valence-electron chi connectivity index (χ2n) is 5.37. The Hall–Kier alpha value is -3.49. The van der Waals surface area contributed by atoms with Gasteiger partial charge in [0.05, 0.1) is 0 Å². The maximum Gasteiger partial charge on any atom is 0.586 e. The highest BCUT2D eigenvalue weighted by atomic mass is 19.3. The topological polar surface area (TPSA) is 73.9 Å². The van der Waals surface area contributed by atoms with Crippen LogP contribution in [0.5, 0.6) is 11.5 Å². The number of anilines is 1. The lowest BCUT2D eigenvalue weighted by Gasteiger charge is -2.06. The van der Waals surface area contributed by atoms with Crippen LogP contribution in [0.1, 0.15) is 5.56 Å². The number of esters is 1. The van der Waals surface area contributed by atoms with Gasteiger partial charge in [-0.1, -0.05) is 12.1 Å². The number of ether oxygens (including phenoxy) is 3. The zero-order chi connectivity index (χ0) is 19.4. The van der Waals surface area contributed by atoms with E-state index in [1.807, 2.05) is 0 Å². The van der Waals surface area contributed by atoms with E-state index in [2.05, 4.69) is 14.8 Å². The highest BCUT2D eigenvalue weighted by Gasteiger charge is 2.43. The van der Waals surface area contributed by atoms with Crippen molar-refractivity contribution in [3.63, 3.8) is 0 Å². The van der Waals surface area contributed by atoms with Gasteiger partial charge < -0.3 is 19.5 Å². The Labute approximate surface area is 151 Å². The van der Waals surface area contributed by atoms with E-state index in [0.29, 0.717) is 5.56 Å². The minimum absolute atomic E-state index is 0.159. The van der Waals surface area contributed by atoms with E-state index >= 15 is 0 Å². The van der Waals surface area contributed by atoms with E-state index in [4.69, 9.17) is 4.74 Å². The van der Waals surface area contributed by atoms with Crippen molar-refractivity contribution in [2.24, 2.45) is 0 Å². The third-order valence-corrected chi connectivity index (χ3v) is 3.29. The molecule has 140 valence electrons. The largest absolute Gasteiger partial charge is 0.586 e. The van der Waals surface area contributed by atoms with E-state index < -0.39 is 30.6 Å². The quantitative estimate of drug-likeness (QED) is 0.637. The zero-order valence-electron chi connectivity index (χ0n) is 13.6. The van der Waals surface area contributed by atoms with E-state index in [-0.39, 0.29) is 17.2 Å². The molecule has 0 aliphatic carbocycles. The third-order valence-electron chi connectivity index (χ3n) is 3.29. The van der Waals surface area contributed by atoms with Gasteiger partial charge in [-0.15, -0.1) is 8.78 Å². The maximum atomic E-state index is 13.0. The Morgan fingerprint density at radius 1 is 1.11 bits per heavy atom. The van der Waals surface area contributed by atoms with Crippen LogP contribution in [0.25, 0.3) is 6.08 Å². The van der Waals surface area contributed by atoms with Gasteiger partial charge in [-0.05, 0) is 35.9 Å². The summed E-state index contributed by atoms with van der Waals surface area (Å²) < 4.78 is 52.2. The lowest BCUT2D eigenvalue weighted by Crippen LogP contribution is -2.25. The summed E-state index contributed by atoms with van der Waals surface area (Å²) in [6.07, 6.45) is -1.37. The van der Waals surface area contributed by atoms with Crippen LogP contribution in [0.4, 0.5) is 18.9 Å². The predicted molar refractivity (Wildman–Crippen MR) is 87.7 cm³/mol. The summed E-state index contributed by atoms with van der Waals surface area (Å²) in [5.41, 5.74) is 0.611. The average molecular weight is 379 g/mol. The summed E-state index contributed by atoms with van der Waals surface area (Å²) in [6, 6.07) is 9.24. The van der Waals surface area contributed by atoms with E-state index in [9.17, 15) is 22.8 Å². The van der Waals surface area contributed by atoms with Gasteiger partial charge in [-0.2, -0.15) is 0 Å². The van der Waals surface area contributed by atoms with E-state index in [1.165, 1.54) is 36.4 Å². The van der Waals surface area contributed by atoms with Crippen molar-refractivity contribution in [3.05, 3.63) is 59.9 Å². The number of benzene rings is 2. The van der Waals surface area contributed by atoms with Gasteiger partial charge in [-0.25, -0.2) is 9.18 Å².